The molecule has 0 spiro atoms. The van der Waals surface area contributed by atoms with Crippen LogP contribution in [0.4, 0.5) is 0 Å². The maximum absolute atomic E-state index is 13.0. The van der Waals surface area contributed by atoms with Crippen molar-refractivity contribution in [2.24, 2.45) is 17.6 Å². The highest BCUT2D eigenvalue weighted by atomic mass is 35.5. The monoisotopic (exact) mass is 402 g/mol. The number of halogens is 2. The number of nitrogens with two attached hydrogens (primary N) is 1. The lowest BCUT2D eigenvalue weighted by molar-refractivity contribution is -0.135. The van der Waals surface area contributed by atoms with E-state index < -0.39 is 6.04 Å². The lowest BCUT2D eigenvalue weighted by Gasteiger charge is -2.30. The molecule has 3 unspecified atom stereocenters. The van der Waals surface area contributed by atoms with Gasteiger partial charge in [0.15, 0.2) is 0 Å². The molecule has 1 aromatic rings. The summed E-state index contributed by atoms with van der Waals surface area (Å²) in [6, 6.07) is 5.04. The molecule has 2 N–H and O–H groups in total. The molecule has 0 saturated heterocycles. The lowest BCUT2D eigenvalue weighted by atomic mass is 9.97. The molecule has 140 valence electrons. The van der Waals surface area contributed by atoms with E-state index in [1.165, 1.54) is 0 Å². The zero-order valence-electron chi connectivity index (χ0n) is 14.9. The van der Waals surface area contributed by atoms with E-state index in [2.05, 4.69) is 19.6 Å². The van der Waals surface area contributed by atoms with Crippen molar-refractivity contribution in [3.8, 4) is 0 Å². The second-order valence-electron chi connectivity index (χ2n) is 7.18. The van der Waals surface area contributed by atoms with Gasteiger partial charge in [-0.15, -0.1) is 0 Å². The Morgan fingerprint density at radius 3 is 2.72 bits per heavy atom. The van der Waals surface area contributed by atoms with Gasteiger partial charge >= 0.3 is 0 Å². The van der Waals surface area contributed by atoms with Crippen molar-refractivity contribution in [2.75, 3.05) is 6.54 Å². The third-order valence-corrected chi connectivity index (χ3v) is 6.57. The van der Waals surface area contributed by atoms with Crippen LogP contribution >= 0.6 is 35.8 Å². The Morgan fingerprint density at radius 1 is 1.40 bits per heavy atom. The third kappa shape index (κ3) is 5.53. The lowest BCUT2D eigenvalue weighted by Crippen LogP contribution is -2.48. The maximum Gasteiger partial charge on any atom is 0.240 e. The molecule has 1 fully saturated rings. The van der Waals surface area contributed by atoms with Gasteiger partial charge in [-0.05, 0) is 42.7 Å². The van der Waals surface area contributed by atoms with E-state index in [4.69, 9.17) is 28.9 Å². The number of hydrogen-bond acceptors (Lipinski definition) is 3. The van der Waals surface area contributed by atoms with Crippen molar-refractivity contribution in [3.63, 3.8) is 0 Å². The Hall–Kier alpha value is -0.420. The third-order valence-electron chi connectivity index (χ3n) is 5.24. The molecule has 0 aliphatic heterocycles. The van der Waals surface area contributed by atoms with Crippen LogP contribution in [0.5, 0.6) is 0 Å². The molecule has 0 radical (unpaired) electrons. The fourth-order valence-corrected chi connectivity index (χ4v) is 4.17. The molecule has 1 saturated carbocycles. The number of hydrogen-bond donors (Lipinski definition) is 2. The first kappa shape index (κ1) is 20.9. The van der Waals surface area contributed by atoms with Crippen molar-refractivity contribution in [1.29, 1.82) is 0 Å². The minimum Gasteiger partial charge on any atom is -0.337 e. The summed E-state index contributed by atoms with van der Waals surface area (Å²) >= 11 is 17.0. The van der Waals surface area contributed by atoms with Crippen LogP contribution in [0.1, 0.15) is 45.1 Å². The highest BCUT2D eigenvalue weighted by Gasteiger charge is 2.30. The zero-order chi connectivity index (χ0) is 18.6. The molecule has 3 nitrogen and oxygen atoms in total. The Balaban J connectivity index is 2.18. The second-order valence-corrected chi connectivity index (χ2v) is 8.69. The molecular weight excluding hydrogens is 375 g/mol. The Morgan fingerprint density at radius 2 is 2.12 bits per heavy atom. The van der Waals surface area contributed by atoms with Crippen LogP contribution in [0.3, 0.4) is 0 Å². The maximum atomic E-state index is 13.0. The normalized spacial score (nSPS) is 22.6. The number of carbonyl (C=O) groups excluding carboxylic acids is 1. The van der Waals surface area contributed by atoms with Gasteiger partial charge in [0.05, 0.1) is 16.1 Å². The molecule has 1 aromatic carbocycles. The zero-order valence-corrected chi connectivity index (χ0v) is 17.3. The van der Waals surface area contributed by atoms with Gasteiger partial charge in [0, 0.05) is 18.3 Å². The first-order valence-electron chi connectivity index (χ1n) is 8.98. The first-order chi connectivity index (χ1) is 11.8. The molecule has 0 bridgehead atoms. The van der Waals surface area contributed by atoms with E-state index in [0.717, 1.165) is 31.2 Å². The summed E-state index contributed by atoms with van der Waals surface area (Å²) < 4.78 is 0. The average molecular weight is 403 g/mol. The summed E-state index contributed by atoms with van der Waals surface area (Å²) in [5, 5.41) is 1.45. The van der Waals surface area contributed by atoms with Crippen molar-refractivity contribution in [2.45, 2.75) is 57.4 Å². The highest BCUT2D eigenvalue weighted by Crippen LogP contribution is 2.32. The van der Waals surface area contributed by atoms with E-state index in [9.17, 15) is 4.79 Å². The van der Waals surface area contributed by atoms with Crippen molar-refractivity contribution >= 4 is 41.7 Å². The van der Waals surface area contributed by atoms with Crippen molar-refractivity contribution < 1.29 is 4.79 Å². The number of nitrogens with zero attached hydrogens (tertiary/aromatic N) is 1. The quantitative estimate of drug-likeness (QED) is 0.643. The standard InChI is InChI=1S/C19H28Cl2N2OS/c1-3-12(2)18(22)19(24)23(10-13-7-8-15(25)9-13)11-14-5-4-6-16(20)17(14)21/h4-6,12-13,15,18,25H,3,7-11,22H2,1-2H3/t12?,13?,15?,18-/m0/s1. The number of benzene rings is 1. The van der Waals surface area contributed by atoms with Crippen LogP contribution in [0, 0.1) is 11.8 Å². The summed E-state index contributed by atoms with van der Waals surface area (Å²) in [4.78, 5) is 14.9. The van der Waals surface area contributed by atoms with Gasteiger partial charge in [0.2, 0.25) is 5.91 Å². The minimum atomic E-state index is -0.490. The summed E-state index contributed by atoms with van der Waals surface area (Å²) in [7, 11) is 0. The summed E-state index contributed by atoms with van der Waals surface area (Å²) in [5.41, 5.74) is 7.09. The van der Waals surface area contributed by atoms with Crippen molar-refractivity contribution in [3.05, 3.63) is 33.8 Å². The number of thiol groups is 1. The molecule has 0 aromatic heterocycles. The average Bonchev–Trinajstić information content (AvgIpc) is 3.01. The van der Waals surface area contributed by atoms with Crippen molar-refractivity contribution in [1.82, 2.24) is 4.90 Å². The highest BCUT2D eigenvalue weighted by molar-refractivity contribution is 7.80. The first-order valence-corrected chi connectivity index (χ1v) is 10.3. The van der Waals surface area contributed by atoms with Gasteiger partial charge in [-0.2, -0.15) is 12.6 Å². The van der Waals surface area contributed by atoms with Gasteiger partial charge < -0.3 is 10.6 Å². The number of rotatable bonds is 7. The number of carbonyl (C=O) groups is 1. The topological polar surface area (TPSA) is 46.3 Å². The number of amides is 1. The molecule has 2 rings (SSSR count). The Kier molecular flexibility index (Phi) is 7.93. The molecule has 6 heteroatoms. The predicted molar refractivity (Wildman–Crippen MR) is 109 cm³/mol. The van der Waals surface area contributed by atoms with Crippen LogP contribution in [-0.4, -0.2) is 28.6 Å². The summed E-state index contributed by atoms with van der Waals surface area (Å²) in [6.07, 6.45) is 4.11. The van der Waals surface area contributed by atoms with E-state index in [-0.39, 0.29) is 11.8 Å². The van der Waals surface area contributed by atoms with Crippen LogP contribution in [0.2, 0.25) is 10.0 Å². The predicted octanol–water partition coefficient (Wildman–Crippen LogP) is 4.79. The summed E-state index contributed by atoms with van der Waals surface area (Å²) in [5.74, 6) is 0.604. The molecule has 1 aliphatic carbocycles. The van der Waals surface area contributed by atoms with Crippen LogP contribution in [-0.2, 0) is 11.3 Å². The van der Waals surface area contributed by atoms with Gasteiger partial charge in [-0.3, -0.25) is 4.79 Å². The van der Waals surface area contributed by atoms with E-state index in [0.29, 0.717) is 34.3 Å². The van der Waals surface area contributed by atoms with E-state index in [1.54, 1.807) is 6.07 Å². The van der Waals surface area contributed by atoms with Gasteiger partial charge in [0.1, 0.15) is 0 Å². The van der Waals surface area contributed by atoms with E-state index >= 15 is 0 Å². The van der Waals surface area contributed by atoms with Crippen LogP contribution in [0.15, 0.2) is 18.2 Å². The molecule has 0 heterocycles. The summed E-state index contributed by atoms with van der Waals surface area (Å²) in [6.45, 7) is 5.21. The Bertz CT molecular complexity index is 599. The van der Waals surface area contributed by atoms with Gasteiger partial charge in [-0.1, -0.05) is 55.6 Å². The minimum absolute atomic E-state index is 0.00648. The molecule has 1 amide bonds. The van der Waals surface area contributed by atoms with Crippen LogP contribution in [0.25, 0.3) is 0 Å². The smallest absolute Gasteiger partial charge is 0.240 e. The van der Waals surface area contributed by atoms with Gasteiger partial charge in [0.25, 0.3) is 0 Å². The fraction of sp³-hybridized carbons (Fsp3) is 0.632. The molecule has 4 atom stereocenters. The van der Waals surface area contributed by atoms with E-state index in [1.807, 2.05) is 24.0 Å². The second kappa shape index (κ2) is 9.50. The van der Waals surface area contributed by atoms with Crippen LogP contribution < -0.4 is 5.73 Å². The fourth-order valence-electron chi connectivity index (χ4n) is 3.34. The molecular formula is C19H28Cl2N2OS. The Labute approximate surface area is 166 Å². The largest absolute Gasteiger partial charge is 0.337 e. The molecule has 1 aliphatic rings. The SMILES string of the molecule is CCC(C)[C@H](N)C(=O)N(Cc1cccc(Cl)c1Cl)CC1CCC(S)C1. The molecule has 25 heavy (non-hydrogen) atoms. The van der Waals surface area contributed by atoms with Gasteiger partial charge in [-0.25, -0.2) is 0 Å².